The zero-order valence-corrected chi connectivity index (χ0v) is 18.4. The fourth-order valence-electron chi connectivity index (χ4n) is 4.21. The molecule has 3 heterocycles. The van der Waals surface area contributed by atoms with Crippen molar-refractivity contribution in [1.82, 2.24) is 24.6 Å². The highest BCUT2D eigenvalue weighted by atomic mass is 32.2. The summed E-state index contributed by atoms with van der Waals surface area (Å²) in [5.41, 5.74) is 0.383. The summed E-state index contributed by atoms with van der Waals surface area (Å²) in [7, 11) is -4.15. The highest BCUT2D eigenvalue weighted by Crippen LogP contribution is 2.23. The number of carbonyl (C=O) groups excluding carboxylic acids is 1. The molecule has 1 aliphatic rings. The lowest BCUT2D eigenvalue weighted by Crippen LogP contribution is -2.47. The molecule has 4 N–H and O–H groups in total. The van der Waals surface area contributed by atoms with Crippen molar-refractivity contribution in [2.75, 3.05) is 19.6 Å². The number of nitrogens with zero attached hydrogens (tertiary/aromatic N) is 1. The van der Waals surface area contributed by atoms with Crippen molar-refractivity contribution >= 4 is 26.8 Å². The van der Waals surface area contributed by atoms with E-state index in [0.29, 0.717) is 25.8 Å². The number of aromatic nitrogens is 3. The van der Waals surface area contributed by atoms with Crippen LogP contribution in [0.2, 0.25) is 0 Å². The molecule has 10 nitrogen and oxygen atoms in total. The smallest absolute Gasteiger partial charge is 0.325 e. The monoisotopic (exact) mass is 459 g/mol. The van der Waals surface area contributed by atoms with Gasteiger partial charge in [-0.3, -0.25) is 14.6 Å². The number of benzene rings is 1. The van der Waals surface area contributed by atoms with Gasteiger partial charge in [0, 0.05) is 42.4 Å². The molecule has 1 aliphatic heterocycles. The molecular weight excluding hydrogens is 434 g/mol. The minimum Gasteiger partial charge on any atom is -0.361 e. The highest BCUT2D eigenvalue weighted by molar-refractivity contribution is 7.89. The molecule has 1 amide bonds. The van der Waals surface area contributed by atoms with Gasteiger partial charge in [0.15, 0.2) is 4.90 Å². The van der Waals surface area contributed by atoms with Crippen molar-refractivity contribution in [2.45, 2.75) is 31.1 Å². The number of hydrogen-bond acceptors (Lipinski definition) is 5. The third-order valence-electron chi connectivity index (χ3n) is 5.80. The van der Waals surface area contributed by atoms with Gasteiger partial charge in [0.25, 0.3) is 5.56 Å². The van der Waals surface area contributed by atoms with Gasteiger partial charge in [-0.05, 0) is 37.8 Å². The Morgan fingerprint density at radius 2 is 2.00 bits per heavy atom. The second-order valence-electron chi connectivity index (χ2n) is 7.97. The normalized spacial score (nSPS) is 17.5. The molecule has 0 spiro atoms. The highest BCUT2D eigenvalue weighted by Gasteiger charge is 2.35. The van der Waals surface area contributed by atoms with E-state index in [4.69, 9.17) is 0 Å². The number of rotatable bonds is 6. The fraction of sp³-hybridized carbons (Fsp3) is 0.381. The number of amides is 1. The average Bonchev–Trinajstić information content (AvgIpc) is 3.16. The third kappa shape index (κ3) is 4.26. The van der Waals surface area contributed by atoms with Crippen LogP contribution in [0.1, 0.15) is 24.1 Å². The summed E-state index contributed by atoms with van der Waals surface area (Å²) >= 11 is 0. The molecule has 0 bridgehead atoms. The minimum absolute atomic E-state index is 0.0146. The van der Waals surface area contributed by atoms with Crippen LogP contribution in [0.4, 0.5) is 0 Å². The Labute approximate surface area is 184 Å². The topological polar surface area (TPSA) is 148 Å². The minimum atomic E-state index is -4.15. The molecule has 1 atom stereocenters. The van der Waals surface area contributed by atoms with Gasteiger partial charge in [0.05, 0.1) is 5.92 Å². The molecule has 2 aromatic heterocycles. The molecular formula is C21H25N5O5S. The summed E-state index contributed by atoms with van der Waals surface area (Å²) in [4.78, 5) is 43.3. The van der Waals surface area contributed by atoms with Crippen LogP contribution in [0.5, 0.6) is 0 Å². The second-order valence-corrected chi connectivity index (χ2v) is 9.84. The van der Waals surface area contributed by atoms with Crippen molar-refractivity contribution in [3.63, 3.8) is 0 Å². The van der Waals surface area contributed by atoms with Crippen molar-refractivity contribution in [1.29, 1.82) is 0 Å². The summed E-state index contributed by atoms with van der Waals surface area (Å²) in [5, 5.41) is 4.02. The van der Waals surface area contributed by atoms with Crippen molar-refractivity contribution in [2.24, 2.45) is 5.92 Å². The van der Waals surface area contributed by atoms with Gasteiger partial charge < -0.3 is 15.3 Å². The van der Waals surface area contributed by atoms with Crippen LogP contribution >= 0.6 is 0 Å². The Bertz CT molecular complexity index is 1370. The van der Waals surface area contributed by atoms with E-state index in [1.54, 1.807) is 0 Å². The molecule has 1 aromatic carbocycles. The fourth-order valence-corrected chi connectivity index (χ4v) is 5.93. The van der Waals surface area contributed by atoms with Crippen LogP contribution in [0, 0.1) is 12.8 Å². The summed E-state index contributed by atoms with van der Waals surface area (Å²) in [6, 6.07) is 7.93. The maximum absolute atomic E-state index is 13.1. The van der Waals surface area contributed by atoms with Crippen LogP contribution in [0.15, 0.2) is 44.9 Å². The van der Waals surface area contributed by atoms with Gasteiger partial charge in [-0.25, -0.2) is 13.2 Å². The molecule has 11 heteroatoms. The van der Waals surface area contributed by atoms with E-state index in [-0.39, 0.29) is 24.7 Å². The zero-order valence-electron chi connectivity index (χ0n) is 17.6. The van der Waals surface area contributed by atoms with E-state index >= 15 is 0 Å². The molecule has 1 fully saturated rings. The third-order valence-corrected chi connectivity index (χ3v) is 7.82. The Morgan fingerprint density at radius 1 is 1.22 bits per heavy atom. The SMILES string of the molecule is Cc1[nH]c(=O)[nH]c(=O)c1S(=O)(=O)N1CCC[C@@H](C(=O)NCCc2c[nH]c3ccccc23)C1. The number of para-hydroxylation sites is 1. The molecule has 0 saturated carbocycles. The first-order valence-corrected chi connectivity index (χ1v) is 11.9. The standard InChI is InChI=1S/C21H25N5O5S/c1-13-18(20(28)25-21(29)24-13)32(30,31)26-10-4-5-15(12-26)19(27)22-9-8-14-11-23-17-7-3-2-6-16(14)17/h2-3,6-7,11,15,23H,4-5,8-10,12H2,1H3,(H,22,27)(H2,24,25,28,29)/t15-/m1/s1. The quantitative estimate of drug-likeness (QED) is 0.426. The lowest BCUT2D eigenvalue weighted by molar-refractivity contribution is -0.126. The number of hydrogen-bond donors (Lipinski definition) is 4. The predicted molar refractivity (Wildman–Crippen MR) is 119 cm³/mol. The first-order chi connectivity index (χ1) is 15.3. The van der Waals surface area contributed by atoms with E-state index in [1.807, 2.05) is 35.4 Å². The average molecular weight is 460 g/mol. The Kier molecular flexibility index (Phi) is 6.02. The van der Waals surface area contributed by atoms with Crippen LogP contribution in [0.3, 0.4) is 0 Å². The first-order valence-electron chi connectivity index (χ1n) is 10.4. The lowest BCUT2D eigenvalue weighted by Gasteiger charge is -2.31. The van der Waals surface area contributed by atoms with Crippen molar-refractivity contribution in [3.8, 4) is 0 Å². The largest absolute Gasteiger partial charge is 0.361 e. The van der Waals surface area contributed by atoms with Crippen LogP contribution in [0.25, 0.3) is 10.9 Å². The van der Waals surface area contributed by atoms with Gasteiger partial charge in [-0.1, -0.05) is 18.2 Å². The van der Waals surface area contributed by atoms with Gasteiger partial charge in [-0.15, -0.1) is 0 Å². The van der Waals surface area contributed by atoms with Crippen molar-refractivity contribution in [3.05, 3.63) is 62.6 Å². The number of fused-ring (bicyclic) bond motifs is 1. The van der Waals surface area contributed by atoms with E-state index < -0.39 is 32.1 Å². The molecule has 1 saturated heterocycles. The summed E-state index contributed by atoms with van der Waals surface area (Å²) < 4.78 is 27.3. The van der Waals surface area contributed by atoms with Crippen molar-refractivity contribution < 1.29 is 13.2 Å². The molecule has 0 aliphatic carbocycles. The Morgan fingerprint density at radius 3 is 2.78 bits per heavy atom. The van der Waals surface area contributed by atoms with Gasteiger partial charge in [0.2, 0.25) is 15.9 Å². The van der Waals surface area contributed by atoms with E-state index in [0.717, 1.165) is 20.8 Å². The molecule has 0 unspecified atom stereocenters. The molecule has 0 radical (unpaired) electrons. The van der Waals surface area contributed by atoms with Crippen LogP contribution in [-0.2, 0) is 21.2 Å². The molecule has 4 rings (SSSR count). The summed E-state index contributed by atoms with van der Waals surface area (Å²) in [6.07, 6.45) is 3.64. The Balaban J connectivity index is 1.41. The molecule has 170 valence electrons. The molecule has 32 heavy (non-hydrogen) atoms. The van der Waals surface area contributed by atoms with Gasteiger partial charge >= 0.3 is 5.69 Å². The number of sulfonamides is 1. The van der Waals surface area contributed by atoms with Gasteiger partial charge in [-0.2, -0.15) is 4.31 Å². The number of carbonyl (C=O) groups is 1. The van der Waals surface area contributed by atoms with E-state index in [2.05, 4.69) is 15.3 Å². The number of aryl methyl sites for hydroxylation is 1. The zero-order chi connectivity index (χ0) is 22.9. The number of H-pyrrole nitrogens is 3. The number of piperidine rings is 1. The van der Waals surface area contributed by atoms with Crippen LogP contribution in [-0.4, -0.2) is 53.2 Å². The summed E-state index contributed by atoms with van der Waals surface area (Å²) in [5.74, 6) is -0.722. The summed E-state index contributed by atoms with van der Waals surface area (Å²) in [6.45, 7) is 1.99. The van der Waals surface area contributed by atoms with E-state index in [9.17, 15) is 22.8 Å². The predicted octanol–water partition coefficient (Wildman–Crippen LogP) is 0.613. The number of aromatic amines is 3. The number of nitrogens with one attached hydrogen (secondary N) is 4. The Hall–Kier alpha value is -3.18. The van der Waals surface area contributed by atoms with Crippen LogP contribution < -0.4 is 16.6 Å². The van der Waals surface area contributed by atoms with Gasteiger partial charge in [0.1, 0.15) is 0 Å². The maximum Gasteiger partial charge on any atom is 0.325 e. The molecule has 3 aromatic rings. The second kappa shape index (κ2) is 8.75. The first kappa shape index (κ1) is 22.0. The maximum atomic E-state index is 13.1. The van der Waals surface area contributed by atoms with E-state index in [1.165, 1.54) is 6.92 Å². The lowest BCUT2D eigenvalue weighted by atomic mass is 9.99.